The molecule has 0 saturated carbocycles. The van der Waals surface area contributed by atoms with E-state index in [0.29, 0.717) is 38.6 Å². The number of carbonyl (C=O) groups excluding carboxylic acids is 1. The number of ether oxygens (including phenoxy) is 2. The third-order valence-electron chi connectivity index (χ3n) is 7.87. The van der Waals surface area contributed by atoms with Gasteiger partial charge >= 0.3 is 12.1 Å². The normalized spacial score (nSPS) is 14.6. The predicted octanol–water partition coefficient (Wildman–Crippen LogP) is 4.74. The molecule has 258 valence electrons. The number of nitrogens with one attached hydrogen (secondary N) is 1. The number of hydrogen-bond acceptors (Lipinski definition) is 8. The molecule has 14 heteroatoms. The van der Waals surface area contributed by atoms with Crippen molar-refractivity contribution in [3.05, 3.63) is 83.9 Å². The van der Waals surface area contributed by atoms with E-state index in [-0.39, 0.29) is 17.7 Å². The second-order valence-electron chi connectivity index (χ2n) is 10.9. The fourth-order valence-corrected chi connectivity index (χ4v) is 7.11. The number of amides is 1. The molecule has 1 fully saturated rings. The summed E-state index contributed by atoms with van der Waals surface area (Å²) in [6, 6.07) is 22.4. The van der Waals surface area contributed by atoms with Gasteiger partial charge < -0.3 is 19.5 Å². The average Bonchev–Trinajstić information content (AvgIpc) is 3.09. The van der Waals surface area contributed by atoms with Gasteiger partial charge in [0.1, 0.15) is 5.75 Å². The number of aryl methyl sites for hydroxylation is 1. The Balaban J connectivity index is 0.000000804. The molecule has 1 heterocycles. The van der Waals surface area contributed by atoms with Gasteiger partial charge in [0.15, 0.2) is 14.6 Å². The maximum absolute atomic E-state index is 13.7. The van der Waals surface area contributed by atoms with Crippen LogP contribution >= 0.6 is 0 Å². The summed E-state index contributed by atoms with van der Waals surface area (Å²) in [6.45, 7) is 2.42. The second-order valence-corrected chi connectivity index (χ2v) is 13.2. The molecular weight excluding hydrogens is 653 g/mol. The molecule has 1 aliphatic rings. The number of terminal acetylenes is 1. The largest absolute Gasteiger partial charge is 0.494 e. The number of methoxy groups -OCH3 is 1. The fraction of sp³-hybridized carbons (Fsp3) is 0.353. The molecule has 0 unspecified atom stereocenters. The highest BCUT2D eigenvalue weighted by atomic mass is 32.2. The van der Waals surface area contributed by atoms with Gasteiger partial charge in [0.2, 0.25) is 0 Å². The Morgan fingerprint density at radius 2 is 1.62 bits per heavy atom. The van der Waals surface area contributed by atoms with E-state index >= 15 is 0 Å². The summed E-state index contributed by atoms with van der Waals surface area (Å²) in [6.07, 6.45) is 2.11. The van der Waals surface area contributed by atoms with E-state index < -0.39 is 32.6 Å². The minimum atomic E-state index is -5.08. The molecular formula is C34H37F3N2O8S. The van der Waals surface area contributed by atoms with Crippen molar-refractivity contribution in [2.24, 2.45) is 0 Å². The van der Waals surface area contributed by atoms with E-state index in [0.717, 1.165) is 29.5 Å². The predicted molar refractivity (Wildman–Crippen MR) is 171 cm³/mol. The van der Waals surface area contributed by atoms with Gasteiger partial charge in [-0.25, -0.2) is 18.7 Å². The van der Waals surface area contributed by atoms with Crippen LogP contribution in [0.4, 0.5) is 13.2 Å². The first-order chi connectivity index (χ1) is 22.8. The third kappa shape index (κ3) is 9.80. The first kappa shape index (κ1) is 38.0. The Morgan fingerprint density at radius 3 is 2.17 bits per heavy atom. The number of carboxylic acid groups (broad SMARTS) is 1. The van der Waals surface area contributed by atoms with Crippen LogP contribution in [-0.2, 0) is 30.6 Å². The van der Waals surface area contributed by atoms with Crippen LogP contribution in [-0.4, -0.2) is 86.4 Å². The minimum Gasteiger partial charge on any atom is -0.494 e. The van der Waals surface area contributed by atoms with E-state index in [4.69, 9.17) is 25.8 Å². The number of alkyl halides is 3. The minimum absolute atomic E-state index is 0.0193. The van der Waals surface area contributed by atoms with Crippen LogP contribution in [0.1, 0.15) is 30.4 Å². The number of sulfone groups is 1. The summed E-state index contributed by atoms with van der Waals surface area (Å²) in [5.74, 6) is -0.487. The first-order valence-corrected chi connectivity index (χ1v) is 16.3. The number of likely N-dealkylation sites (tertiary alicyclic amines) is 1. The Bertz CT molecular complexity index is 1660. The molecule has 3 N–H and O–H groups in total. The Morgan fingerprint density at radius 1 is 1.00 bits per heavy atom. The Hall–Kier alpha value is -4.42. The summed E-state index contributed by atoms with van der Waals surface area (Å²) in [4.78, 5) is 23.7. The Kier molecular flexibility index (Phi) is 13.6. The third-order valence-corrected chi connectivity index (χ3v) is 10.4. The number of carbonyl (C=O) groups is 2. The standard InChI is InChI=1S/C32H36N2O6S.C2HF3O2/c1-3-25-9-11-27(12-10-25)28-8-4-6-26(24-28)7-5-22-40-29-13-15-30(16-14-29)41(37,38)32(31(35)33-36)17-19-34(20-18-32)21-23-39-2;3-2(4,5)1(6)7/h1,4,6,8-16,24,36H,5,7,17-23H2,2H3,(H,33,35);(H,6,7). The number of benzene rings is 3. The lowest BCUT2D eigenvalue weighted by atomic mass is 9.95. The number of nitrogens with zero attached hydrogens (tertiary/aromatic N) is 1. The molecule has 1 aliphatic heterocycles. The van der Waals surface area contributed by atoms with Crippen LogP contribution in [0.2, 0.25) is 0 Å². The average molecular weight is 691 g/mol. The molecule has 3 aromatic rings. The highest BCUT2D eigenvalue weighted by molar-refractivity contribution is 7.93. The van der Waals surface area contributed by atoms with Crippen LogP contribution in [0.5, 0.6) is 5.75 Å². The number of rotatable bonds is 12. The lowest BCUT2D eigenvalue weighted by Crippen LogP contribution is -2.57. The van der Waals surface area contributed by atoms with Gasteiger partial charge in [0.05, 0.1) is 18.1 Å². The molecule has 0 radical (unpaired) electrons. The first-order valence-electron chi connectivity index (χ1n) is 14.9. The lowest BCUT2D eigenvalue weighted by molar-refractivity contribution is -0.192. The smallest absolute Gasteiger partial charge is 0.490 e. The maximum atomic E-state index is 13.7. The van der Waals surface area contributed by atoms with Gasteiger partial charge in [-0.15, -0.1) is 6.42 Å². The number of piperidine rings is 1. The quantitative estimate of drug-likeness (QED) is 0.106. The van der Waals surface area contributed by atoms with Crippen molar-refractivity contribution in [3.63, 3.8) is 0 Å². The van der Waals surface area contributed by atoms with Gasteiger partial charge in [-0.2, -0.15) is 13.2 Å². The van der Waals surface area contributed by atoms with Gasteiger partial charge in [-0.05, 0) is 78.8 Å². The summed E-state index contributed by atoms with van der Waals surface area (Å²) in [7, 11) is -2.48. The molecule has 1 saturated heterocycles. The van der Waals surface area contributed by atoms with Crippen molar-refractivity contribution in [1.29, 1.82) is 0 Å². The molecule has 3 aromatic carbocycles. The number of aliphatic carboxylic acids is 1. The monoisotopic (exact) mass is 690 g/mol. The van der Waals surface area contributed by atoms with Gasteiger partial charge in [-0.3, -0.25) is 10.0 Å². The number of hydrogen-bond donors (Lipinski definition) is 3. The zero-order chi connectivity index (χ0) is 35.4. The number of hydroxylamine groups is 1. The van der Waals surface area contributed by atoms with Crippen LogP contribution in [0.3, 0.4) is 0 Å². The summed E-state index contributed by atoms with van der Waals surface area (Å²) < 4.78 is 68.3. The van der Waals surface area contributed by atoms with E-state index in [2.05, 4.69) is 24.1 Å². The van der Waals surface area contributed by atoms with E-state index in [9.17, 15) is 31.6 Å². The molecule has 0 aromatic heterocycles. The van der Waals surface area contributed by atoms with Gasteiger partial charge in [-0.1, -0.05) is 42.3 Å². The van der Waals surface area contributed by atoms with Crippen LogP contribution in [0.15, 0.2) is 77.7 Å². The summed E-state index contributed by atoms with van der Waals surface area (Å²) >= 11 is 0. The highest BCUT2D eigenvalue weighted by Gasteiger charge is 2.52. The van der Waals surface area contributed by atoms with Crippen molar-refractivity contribution < 1.29 is 51.0 Å². The molecule has 0 bridgehead atoms. The molecule has 10 nitrogen and oxygen atoms in total. The van der Waals surface area contributed by atoms with Gasteiger partial charge in [0.25, 0.3) is 5.91 Å². The number of carboxylic acids is 1. The zero-order valence-corrected chi connectivity index (χ0v) is 27.0. The highest BCUT2D eigenvalue weighted by Crippen LogP contribution is 2.36. The van der Waals surface area contributed by atoms with Crippen molar-refractivity contribution in [2.75, 3.05) is 40.0 Å². The Labute approximate surface area is 277 Å². The van der Waals surface area contributed by atoms with Crippen LogP contribution in [0, 0.1) is 12.3 Å². The van der Waals surface area contributed by atoms with Crippen molar-refractivity contribution in [1.82, 2.24) is 10.4 Å². The van der Waals surface area contributed by atoms with Crippen LogP contribution < -0.4 is 10.2 Å². The maximum Gasteiger partial charge on any atom is 0.490 e. The number of halogens is 3. The van der Waals surface area contributed by atoms with E-state index in [1.807, 2.05) is 35.2 Å². The van der Waals surface area contributed by atoms with Crippen molar-refractivity contribution in [2.45, 2.75) is 41.5 Å². The van der Waals surface area contributed by atoms with E-state index in [1.54, 1.807) is 24.7 Å². The second kappa shape index (κ2) is 17.1. The molecule has 4 rings (SSSR count). The summed E-state index contributed by atoms with van der Waals surface area (Å²) in [5.41, 5.74) is 5.86. The zero-order valence-electron chi connectivity index (χ0n) is 26.2. The fourth-order valence-electron chi connectivity index (χ4n) is 5.15. The van der Waals surface area contributed by atoms with Crippen LogP contribution in [0.25, 0.3) is 11.1 Å². The SMILES string of the molecule is C#Cc1ccc(-c2cccc(CCCOc3ccc(S(=O)(=O)C4(C(=O)NO)CCN(CCOC)CC4)cc3)c2)cc1.O=C(O)C(F)(F)F. The molecule has 0 aliphatic carbocycles. The molecule has 1 amide bonds. The molecule has 0 atom stereocenters. The van der Waals surface area contributed by atoms with Crippen molar-refractivity contribution in [3.8, 4) is 29.2 Å². The molecule has 48 heavy (non-hydrogen) atoms. The van der Waals surface area contributed by atoms with Gasteiger partial charge in [0, 0.05) is 32.3 Å². The van der Waals surface area contributed by atoms with Crippen molar-refractivity contribution >= 4 is 21.7 Å². The topological polar surface area (TPSA) is 142 Å². The van der Waals surface area contributed by atoms with E-state index in [1.165, 1.54) is 17.7 Å². The summed E-state index contributed by atoms with van der Waals surface area (Å²) in [5, 5.41) is 16.5. The lowest BCUT2D eigenvalue weighted by Gasteiger charge is -2.39. The molecule has 0 spiro atoms.